The van der Waals surface area contributed by atoms with Crippen LogP contribution in [0, 0.1) is 5.92 Å². The van der Waals surface area contributed by atoms with Crippen LogP contribution < -0.4 is 84.9 Å². The molecular formula is C43H46N4Na2O8S. The van der Waals surface area contributed by atoms with Crippen LogP contribution in [0.5, 0.6) is 0 Å². The van der Waals surface area contributed by atoms with E-state index in [9.17, 15) is 37.8 Å². The third kappa shape index (κ3) is 11.8. The fourth-order valence-corrected chi connectivity index (χ4v) is 9.32. The Morgan fingerprint density at radius 1 is 0.724 bits per heavy atom. The van der Waals surface area contributed by atoms with Gasteiger partial charge in [-0.05, 0) is 129 Å². The number of carboxylic acid groups (broad SMARTS) is 2. The smallest absolute Gasteiger partial charge is 0.550 e. The van der Waals surface area contributed by atoms with Gasteiger partial charge in [-0.25, -0.2) is 8.42 Å². The van der Waals surface area contributed by atoms with Crippen molar-refractivity contribution in [2.75, 3.05) is 35.2 Å². The Labute approximate surface area is 384 Å². The first-order valence-electron chi connectivity index (χ1n) is 19.2. The Bertz CT molecular complexity index is 2170. The molecule has 2 N–H and O–H groups in total. The fraction of sp³-hybridized carbons (Fsp3) is 0.349. The zero-order valence-corrected chi connectivity index (χ0v) is 38.2. The average molecular weight is 825 g/mol. The summed E-state index contributed by atoms with van der Waals surface area (Å²) in [6, 6.07) is 24.8. The molecule has 1 saturated heterocycles. The zero-order chi connectivity index (χ0) is 39.8. The molecule has 58 heavy (non-hydrogen) atoms. The summed E-state index contributed by atoms with van der Waals surface area (Å²) in [7, 11) is -4.02. The third-order valence-electron chi connectivity index (χ3n) is 10.8. The van der Waals surface area contributed by atoms with Gasteiger partial charge in [-0.2, -0.15) is 4.31 Å². The van der Waals surface area contributed by atoms with Crippen molar-refractivity contribution in [2.24, 2.45) is 5.92 Å². The summed E-state index contributed by atoms with van der Waals surface area (Å²) in [6.07, 6.45) is 6.09. The van der Waals surface area contributed by atoms with Gasteiger partial charge >= 0.3 is 59.1 Å². The number of aromatic carboxylic acids is 1. The second kappa shape index (κ2) is 21.6. The van der Waals surface area contributed by atoms with Crippen molar-refractivity contribution in [1.29, 1.82) is 0 Å². The molecule has 12 nitrogen and oxygen atoms in total. The number of nitrogens with zero attached hydrogens (tertiary/aromatic N) is 2. The number of hydrogen-bond donors (Lipinski definition) is 2. The van der Waals surface area contributed by atoms with Crippen molar-refractivity contribution in [1.82, 2.24) is 4.31 Å². The minimum Gasteiger partial charge on any atom is -0.550 e. The van der Waals surface area contributed by atoms with E-state index >= 15 is 0 Å². The van der Waals surface area contributed by atoms with Gasteiger partial charge in [0, 0.05) is 48.6 Å². The van der Waals surface area contributed by atoms with Crippen LogP contribution in [0.3, 0.4) is 0 Å². The molecule has 6 rings (SSSR count). The van der Waals surface area contributed by atoms with Gasteiger partial charge in [-0.15, -0.1) is 0 Å². The van der Waals surface area contributed by atoms with Crippen molar-refractivity contribution in [3.05, 3.63) is 119 Å². The number of piperidine rings is 1. The van der Waals surface area contributed by atoms with Crippen LogP contribution in [0.15, 0.2) is 95.9 Å². The summed E-state index contributed by atoms with van der Waals surface area (Å²) < 4.78 is 29.1. The van der Waals surface area contributed by atoms with Crippen LogP contribution in [0.25, 0.3) is 0 Å². The number of carbonyl (C=O) groups excluding carboxylic acids is 4. The second-order valence-electron chi connectivity index (χ2n) is 14.4. The minimum absolute atomic E-state index is 0. The molecule has 2 aliphatic rings. The maximum atomic E-state index is 13.9. The van der Waals surface area contributed by atoms with Crippen LogP contribution in [-0.4, -0.2) is 62.2 Å². The molecule has 2 fully saturated rings. The van der Waals surface area contributed by atoms with Gasteiger partial charge in [-0.3, -0.25) is 9.59 Å². The largest absolute Gasteiger partial charge is 1.00 e. The predicted octanol–water partition coefficient (Wildman–Crippen LogP) is -1.34. The number of benzene rings is 4. The van der Waals surface area contributed by atoms with E-state index in [1.807, 2.05) is 18.2 Å². The molecule has 1 aliphatic carbocycles. The summed E-state index contributed by atoms with van der Waals surface area (Å²) in [4.78, 5) is 52.2. The van der Waals surface area contributed by atoms with Gasteiger partial charge < -0.3 is 35.3 Å². The average Bonchev–Trinajstić information content (AvgIpc) is 3.21. The third-order valence-corrected chi connectivity index (χ3v) is 12.8. The first kappa shape index (κ1) is 47.2. The van der Waals surface area contributed by atoms with Gasteiger partial charge in [-0.1, -0.05) is 49.4 Å². The zero-order valence-electron chi connectivity index (χ0n) is 33.4. The number of amides is 2. The number of sulfonamides is 1. The standard InChI is InChI=1S/C43H48N4O8S.2Na/c1-2-47(35-21-17-32(18-22-35)43(52)53)56(54,55)37-8-6-7-33(27-37)40(48)45-39-24-23-36(46-25-4-3-5-26-46)28-38(39)41(49)44-34-19-13-30(14-20-34)10-9-29-11-15-31(16-12-29)42(50)51;;/h6-8,11-16,19-20,23-24,27-28,32,35H,2-5,9-10,17-18,21-22,25-26H2,1H3,(H,44,49)(H,45,48)(H,50,51)(H,52,53);;/q;2*+1/p-2/t32-,35+;;. The monoisotopic (exact) mass is 824 g/mol. The maximum absolute atomic E-state index is 13.9. The molecule has 4 aromatic rings. The van der Waals surface area contributed by atoms with Crippen molar-refractivity contribution in [2.45, 2.75) is 75.6 Å². The number of aliphatic carboxylic acids is 1. The Balaban J connectivity index is 0.00000372. The van der Waals surface area contributed by atoms with Crippen molar-refractivity contribution < 1.29 is 96.9 Å². The molecule has 294 valence electrons. The van der Waals surface area contributed by atoms with Gasteiger partial charge in [0.15, 0.2) is 0 Å². The Morgan fingerprint density at radius 2 is 1.34 bits per heavy atom. The molecule has 1 heterocycles. The number of carboxylic acids is 2. The molecule has 1 saturated carbocycles. The Morgan fingerprint density at radius 3 is 1.93 bits per heavy atom. The van der Waals surface area contributed by atoms with Gasteiger partial charge in [0.05, 0.1) is 22.1 Å². The molecule has 0 atom stereocenters. The van der Waals surface area contributed by atoms with Crippen LogP contribution in [0.1, 0.15) is 94.1 Å². The van der Waals surface area contributed by atoms with Crippen LogP contribution in [-0.2, 0) is 27.7 Å². The Kier molecular flexibility index (Phi) is 17.6. The van der Waals surface area contributed by atoms with E-state index in [4.69, 9.17) is 0 Å². The number of anilines is 3. The van der Waals surface area contributed by atoms with Crippen LogP contribution in [0.4, 0.5) is 17.1 Å². The van der Waals surface area contributed by atoms with E-state index in [1.54, 1.807) is 43.3 Å². The fourth-order valence-electron chi connectivity index (χ4n) is 7.58. The van der Waals surface area contributed by atoms with Crippen molar-refractivity contribution in [3.8, 4) is 0 Å². The van der Waals surface area contributed by atoms with E-state index in [0.29, 0.717) is 44.2 Å². The molecule has 4 aromatic carbocycles. The molecule has 0 aromatic heterocycles. The molecule has 0 unspecified atom stereocenters. The van der Waals surface area contributed by atoms with Crippen LogP contribution in [0.2, 0.25) is 0 Å². The number of hydrogen-bond acceptors (Lipinski definition) is 9. The van der Waals surface area contributed by atoms with Crippen molar-refractivity contribution >= 4 is 50.8 Å². The molecule has 0 bridgehead atoms. The maximum Gasteiger partial charge on any atom is 1.00 e. The van der Waals surface area contributed by atoms with E-state index in [1.165, 1.54) is 40.7 Å². The van der Waals surface area contributed by atoms with E-state index < -0.39 is 39.7 Å². The topological polar surface area (TPSA) is 179 Å². The van der Waals surface area contributed by atoms with Gasteiger partial charge in [0.25, 0.3) is 11.8 Å². The van der Waals surface area contributed by atoms with E-state index in [-0.39, 0.29) is 99.0 Å². The molecule has 0 radical (unpaired) electrons. The summed E-state index contributed by atoms with van der Waals surface area (Å²) >= 11 is 0. The SMILES string of the molecule is CCN([C@H]1CC[C@@H](C(=O)[O-])CC1)S(=O)(=O)c1cccc(C(=O)Nc2ccc(N3CCCCC3)cc2C(=O)Nc2ccc(CCc3ccc(C(=O)[O-])cc3)cc2)c1.[Na+].[Na+]. The predicted molar refractivity (Wildman–Crippen MR) is 210 cm³/mol. The first-order chi connectivity index (χ1) is 26.9. The quantitative estimate of drug-likeness (QED) is 0.146. The molecule has 15 heteroatoms. The van der Waals surface area contributed by atoms with Crippen molar-refractivity contribution in [3.63, 3.8) is 0 Å². The number of aryl methyl sites for hydroxylation is 2. The number of rotatable bonds is 14. The second-order valence-corrected chi connectivity index (χ2v) is 16.3. The number of nitrogens with one attached hydrogen (secondary N) is 2. The molecular weight excluding hydrogens is 779 g/mol. The summed E-state index contributed by atoms with van der Waals surface area (Å²) in [5.41, 5.74) is 4.18. The molecule has 0 spiro atoms. The minimum atomic E-state index is -4.02. The molecule has 2 amide bonds. The number of carbonyl (C=O) groups is 4. The summed E-state index contributed by atoms with van der Waals surface area (Å²) in [5.74, 6) is -3.93. The van der Waals surface area contributed by atoms with Crippen LogP contribution >= 0.6 is 0 Å². The summed E-state index contributed by atoms with van der Waals surface area (Å²) in [5, 5.41) is 28.2. The summed E-state index contributed by atoms with van der Waals surface area (Å²) in [6.45, 7) is 3.62. The van der Waals surface area contributed by atoms with E-state index in [0.717, 1.165) is 49.2 Å². The van der Waals surface area contributed by atoms with E-state index in [2.05, 4.69) is 15.5 Å². The van der Waals surface area contributed by atoms with Gasteiger partial charge in [0.2, 0.25) is 10.0 Å². The normalized spacial score (nSPS) is 16.7. The first-order valence-corrected chi connectivity index (χ1v) is 20.6. The van der Waals surface area contributed by atoms with Gasteiger partial charge in [0.1, 0.15) is 0 Å². The Hall–Kier alpha value is -3.53. The molecule has 1 aliphatic heterocycles.